The lowest BCUT2D eigenvalue weighted by molar-refractivity contribution is 0.0284. The Kier molecular flexibility index (Phi) is 4.17. The van der Waals surface area contributed by atoms with Crippen molar-refractivity contribution in [3.05, 3.63) is 18.1 Å². The second-order valence-electron chi connectivity index (χ2n) is 5.37. The highest BCUT2D eigenvalue weighted by atomic mass is 16.5. The maximum atomic E-state index is 5.81. The van der Waals surface area contributed by atoms with Crippen LogP contribution in [0.3, 0.4) is 0 Å². The predicted molar refractivity (Wildman–Crippen MR) is 71.9 cm³/mol. The molecule has 1 aliphatic rings. The van der Waals surface area contributed by atoms with E-state index in [4.69, 9.17) is 4.74 Å². The van der Waals surface area contributed by atoms with Gasteiger partial charge >= 0.3 is 0 Å². The van der Waals surface area contributed by atoms with Gasteiger partial charge in [0.15, 0.2) is 0 Å². The molecule has 1 fully saturated rings. The van der Waals surface area contributed by atoms with Gasteiger partial charge in [0.05, 0.1) is 18.1 Å². The van der Waals surface area contributed by atoms with Gasteiger partial charge in [-0.05, 0) is 19.5 Å². The van der Waals surface area contributed by atoms with Crippen LogP contribution in [0.15, 0.2) is 12.4 Å². The number of aromatic nitrogens is 2. The molecule has 18 heavy (non-hydrogen) atoms. The van der Waals surface area contributed by atoms with E-state index in [1.165, 1.54) is 0 Å². The van der Waals surface area contributed by atoms with Gasteiger partial charge in [-0.1, -0.05) is 20.8 Å². The van der Waals surface area contributed by atoms with Crippen molar-refractivity contribution in [2.45, 2.75) is 51.7 Å². The van der Waals surface area contributed by atoms with Gasteiger partial charge in [0.2, 0.25) is 5.88 Å². The van der Waals surface area contributed by atoms with Crippen LogP contribution < -0.4 is 4.74 Å². The second kappa shape index (κ2) is 5.65. The lowest BCUT2D eigenvalue weighted by atomic mass is 9.88. The molecule has 0 N–H and O–H groups in total. The molecule has 4 nitrogen and oxygen atoms in total. The average Bonchev–Trinajstić information content (AvgIpc) is 2.33. The Morgan fingerprint density at radius 1 is 1.33 bits per heavy atom. The second-order valence-corrected chi connectivity index (χ2v) is 5.37. The predicted octanol–water partition coefficient (Wildman–Crippen LogP) is 2.46. The quantitative estimate of drug-likeness (QED) is 0.803. The number of hydrogen-bond acceptors (Lipinski definition) is 4. The third kappa shape index (κ3) is 2.99. The van der Waals surface area contributed by atoms with Crippen LogP contribution in [-0.2, 0) is 0 Å². The third-order valence-corrected chi connectivity index (χ3v) is 3.72. The summed E-state index contributed by atoms with van der Waals surface area (Å²) in [5.41, 5.74) is 1.01. The van der Waals surface area contributed by atoms with E-state index in [1.807, 2.05) is 6.20 Å². The molecule has 0 aromatic carbocycles. The number of hydrogen-bond donors (Lipinski definition) is 0. The van der Waals surface area contributed by atoms with Crippen LogP contribution in [0, 0.1) is 0 Å². The Morgan fingerprint density at radius 2 is 2.06 bits per heavy atom. The van der Waals surface area contributed by atoms with E-state index in [9.17, 15) is 0 Å². The number of nitrogens with zero attached hydrogens (tertiary/aromatic N) is 3. The van der Waals surface area contributed by atoms with Gasteiger partial charge in [0.25, 0.3) is 0 Å². The van der Waals surface area contributed by atoms with Gasteiger partial charge in [0, 0.05) is 18.9 Å². The molecule has 0 bridgehead atoms. The summed E-state index contributed by atoms with van der Waals surface area (Å²) in [7, 11) is 2.16. The van der Waals surface area contributed by atoms with Crippen molar-refractivity contribution >= 4 is 0 Å². The van der Waals surface area contributed by atoms with Gasteiger partial charge < -0.3 is 9.64 Å². The zero-order valence-electron chi connectivity index (χ0n) is 11.8. The number of rotatable bonds is 5. The highest BCUT2D eigenvalue weighted by Crippen LogP contribution is 2.28. The Hall–Kier alpha value is -1.16. The minimum atomic E-state index is 0.309. The summed E-state index contributed by atoms with van der Waals surface area (Å²) < 4.78 is 5.81. The first-order chi connectivity index (χ1) is 8.60. The van der Waals surface area contributed by atoms with Gasteiger partial charge in [-0.15, -0.1) is 0 Å². The molecule has 2 rings (SSSR count). The standard InChI is InChI=1S/C14H23N3O/c1-5-17(4)11-6-12(7-11)18-14-9-15-13(8-16-14)10(2)3/h8-12H,5-7H2,1-4H3. The average molecular weight is 249 g/mol. The van der Waals surface area contributed by atoms with Crippen molar-refractivity contribution in [3.8, 4) is 5.88 Å². The molecule has 1 heterocycles. The fraction of sp³-hybridized carbons (Fsp3) is 0.714. The zero-order valence-corrected chi connectivity index (χ0v) is 11.8. The maximum Gasteiger partial charge on any atom is 0.232 e. The van der Waals surface area contributed by atoms with E-state index in [-0.39, 0.29) is 0 Å². The van der Waals surface area contributed by atoms with Crippen molar-refractivity contribution < 1.29 is 4.74 Å². The third-order valence-electron chi connectivity index (χ3n) is 3.72. The highest BCUT2D eigenvalue weighted by molar-refractivity contribution is 5.10. The van der Waals surface area contributed by atoms with Crippen LogP contribution in [-0.4, -0.2) is 40.6 Å². The first-order valence-corrected chi connectivity index (χ1v) is 6.79. The van der Waals surface area contributed by atoms with E-state index in [2.05, 4.69) is 42.7 Å². The fourth-order valence-electron chi connectivity index (χ4n) is 2.11. The monoisotopic (exact) mass is 249 g/mol. The Labute approximate surface area is 109 Å². The van der Waals surface area contributed by atoms with Crippen molar-refractivity contribution in [2.75, 3.05) is 13.6 Å². The summed E-state index contributed by atoms with van der Waals surface area (Å²) in [6.07, 6.45) is 6.05. The van der Waals surface area contributed by atoms with Gasteiger partial charge in [-0.2, -0.15) is 0 Å². The van der Waals surface area contributed by atoms with Crippen LogP contribution in [0.2, 0.25) is 0 Å². The molecule has 1 aliphatic carbocycles. The van der Waals surface area contributed by atoms with Gasteiger partial charge in [-0.25, -0.2) is 4.98 Å². The van der Waals surface area contributed by atoms with E-state index in [0.717, 1.165) is 25.1 Å². The molecule has 0 amide bonds. The normalized spacial score (nSPS) is 23.2. The van der Waals surface area contributed by atoms with Crippen LogP contribution in [0.5, 0.6) is 5.88 Å². The summed E-state index contributed by atoms with van der Waals surface area (Å²) in [5.74, 6) is 1.07. The molecule has 1 saturated carbocycles. The van der Waals surface area contributed by atoms with E-state index < -0.39 is 0 Å². The molecule has 0 aliphatic heterocycles. The molecule has 100 valence electrons. The topological polar surface area (TPSA) is 38.2 Å². The van der Waals surface area contributed by atoms with E-state index in [0.29, 0.717) is 23.9 Å². The summed E-state index contributed by atoms with van der Waals surface area (Å²) in [5, 5.41) is 0. The molecule has 0 saturated heterocycles. The Balaban J connectivity index is 1.81. The van der Waals surface area contributed by atoms with Crippen molar-refractivity contribution in [3.63, 3.8) is 0 Å². The SMILES string of the molecule is CCN(C)C1CC(Oc2cnc(C(C)C)cn2)C1. The van der Waals surface area contributed by atoms with Crippen LogP contribution >= 0.6 is 0 Å². The van der Waals surface area contributed by atoms with E-state index in [1.54, 1.807) is 6.20 Å². The highest BCUT2D eigenvalue weighted by Gasteiger charge is 2.33. The van der Waals surface area contributed by atoms with E-state index >= 15 is 0 Å². The summed E-state index contributed by atoms with van der Waals surface area (Å²) in [6, 6.07) is 0.669. The molecule has 0 unspecified atom stereocenters. The molecule has 0 radical (unpaired) electrons. The molecule has 4 heteroatoms. The molecule has 0 spiro atoms. The summed E-state index contributed by atoms with van der Waals surface area (Å²) in [4.78, 5) is 11.0. The van der Waals surface area contributed by atoms with Crippen molar-refractivity contribution in [2.24, 2.45) is 0 Å². The largest absolute Gasteiger partial charge is 0.473 e. The molecular formula is C14H23N3O. The lowest BCUT2D eigenvalue weighted by Crippen LogP contribution is -2.47. The minimum Gasteiger partial charge on any atom is -0.473 e. The maximum absolute atomic E-state index is 5.81. The zero-order chi connectivity index (χ0) is 13.1. The van der Waals surface area contributed by atoms with Crippen molar-refractivity contribution in [1.29, 1.82) is 0 Å². The molecule has 0 atom stereocenters. The molecule has 1 aromatic heterocycles. The minimum absolute atomic E-state index is 0.309. The first-order valence-electron chi connectivity index (χ1n) is 6.79. The van der Waals surface area contributed by atoms with Crippen LogP contribution in [0.4, 0.5) is 0 Å². The van der Waals surface area contributed by atoms with Crippen LogP contribution in [0.25, 0.3) is 0 Å². The Morgan fingerprint density at radius 3 is 2.56 bits per heavy atom. The summed E-state index contributed by atoms with van der Waals surface area (Å²) >= 11 is 0. The van der Waals surface area contributed by atoms with Gasteiger partial charge in [0.1, 0.15) is 6.10 Å². The molecular weight excluding hydrogens is 226 g/mol. The number of ether oxygens (including phenoxy) is 1. The fourth-order valence-corrected chi connectivity index (χ4v) is 2.11. The van der Waals surface area contributed by atoms with Crippen LogP contribution in [0.1, 0.15) is 45.2 Å². The molecule has 1 aromatic rings. The Bertz CT molecular complexity index is 371. The van der Waals surface area contributed by atoms with Crippen molar-refractivity contribution in [1.82, 2.24) is 14.9 Å². The summed E-state index contributed by atoms with van der Waals surface area (Å²) in [6.45, 7) is 7.51. The lowest BCUT2D eigenvalue weighted by Gasteiger charge is -2.40. The van der Waals surface area contributed by atoms with Gasteiger partial charge in [-0.3, -0.25) is 4.98 Å². The smallest absolute Gasteiger partial charge is 0.232 e. The first kappa shape index (κ1) is 13.3.